The molecule has 0 heterocycles. The van der Waals surface area contributed by atoms with Gasteiger partial charge in [0.2, 0.25) is 0 Å². The van der Waals surface area contributed by atoms with E-state index >= 15 is 0 Å². The summed E-state index contributed by atoms with van der Waals surface area (Å²) in [7, 11) is 0. The molecule has 0 radical (unpaired) electrons. The minimum Gasteiger partial charge on any atom is -0.378 e. The molecule has 0 rings (SSSR count). The average Bonchev–Trinajstić information content (AvgIpc) is 2.10. The first kappa shape index (κ1) is 11.7. The van der Waals surface area contributed by atoms with Gasteiger partial charge in [-0.3, -0.25) is 0 Å². The van der Waals surface area contributed by atoms with Crippen molar-refractivity contribution in [3.05, 3.63) is 12.2 Å². The fraction of sp³-hybridized carbons (Fsp3) is 0.818. The van der Waals surface area contributed by atoms with Crippen LogP contribution in [0, 0.1) is 0 Å². The highest BCUT2D eigenvalue weighted by Gasteiger charge is 1.83. The van der Waals surface area contributed by atoms with Crippen LogP contribution < -0.4 is 0 Å². The molecule has 12 heavy (non-hydrogen) atoms. The first-order valence-electron chi connectivity index (χ1n) is 5.14. The van der Waals surface area contributed by atoms with E-state index in [1.54, 1.807) is 0 Å². The maximum Gasteiger partial charge on any atom is 0.0647 e. The molecule has 0 aromatic carbocycles. The molecule has 0 amide bonds. The van der Waals surface area contributed by atoms with E-state index < -0.39 is 0 Å². The van der Waals surface area contributed by atoms with Gasteiger partial charge in [0, 0.05) is 6.61 Å². The molecule has 72 valence electrons. The van der Waals surface area contributed by atoms with Crippen LogP contribution in [0.25, 0.3) is 0 Å². The molecule has 0 N–H and O–H groups in total. The van der Waals surface area contributed by atoms with Gasteiger partial charge < -0.3 is 4.74 Å². The molecule has 0 aromatic rings. The number of hydrogen-bond donors (Lipinski definition) is 0. The summed E-state index contributed by atoms with van der Waals surface area (Å²) >= 11 is 0. The molecule has 0 fully saturated rings. The maximum absolute atomic E-state index is 5.17. The van der Waals surface area contributed by atoms with Crippen molar-refractivity contribution in [2.24, 2.45) is 0 Å². The summed E-state index contributed by atoms with van der Waals surface area (Å²) < 4.78 is 5.17. The standard InChI is InChI=1S/C11H22O/c1-3-5-6-7-8-9-10-11-12-4-2/h9-10H,3-8,11H2,1-2H3/b10-9-. The molecule has 0 aliphatic carbocycles. The molecule has 0 aliphatic rings. The van der Waals surface area contributed by atoms with Gasteiger partial charge in [-0.1, -0.05) is 38.3 Å². The molecule has 0 unspecified atom stereocenters. The molecule has 0 aromatic heterocycles. The van der Waals surface area contributed by atoms with Gasteiger partial charge in [0.1, 0.15) is 0 Å². The lowest BCUT2D eigenvalue weighted by molar-refractivity contribution is 0.177. The smallest absolute Gasteiger partial charge is 0.0647 e. The van der Waals surface area contributed by atoms with Crippen LogP contribution in [0.15, 0.2) is 12.2 Å². The van der Waals surface area contributed by atoms with Gasteiger partial charge in [0.05, 0.1) is 6.61 Å². The zero-order chi connectivity index (χ0) is 9.07. The van der Waals surface area contributed by atoms with Crippen molar-refractivity contribution in [1.29, 1.82) is 0 Å². The number of unbranched alkanes of at least 4 members (excludes halogenated alkanes) is 4. The van der Waals surface area contributed by atoms with E-state index in [9.17, 15) is 0 Å². The normalized spacial score (nSPS) is 11.2. The number of ether oxygens (including phenoxy) is 1. The van der Waals surface area contributed by atoms with Crippen molar-refractivity contribution in [2.75, 3.05) is 13.2 Å². The first-order chi connectivity index (χ1) is 5.91. The van der Waals surface area contributed by atoms with Crippen molar-refractivity contribution >= 4 is 0 Å². The highest BCUT2D eigenvalue weighted by atomic mass is 16.5. The van der Waals surface area contributed by atoms with Crippen LogP contribution in [0.1, 0.15) is 46.0 Å². The topological polar surface area (TPSA) is 9.23 Å². The van der Waals surface area contributed by atoms with Crippen molar-refractivity contribution in [1.82, 2.24) is 0 Å². The Labute approximate surface area is 76.8 Å². The largest absolute Gasteiger partial charge is 0.378 e. The fourth-order valence-electron chi connectivity index (χ4n) is 1.06. The van der Waals surface area contributed by atoms with E-state index in [-0.39, 0.29) is 0 Å². The van der Waals surface area contributed by atoms with Gasteiger partial charge in [0.25, 0.3) is 0 Å². The van der Waals surface area contributed by atoms with Gasteiger partial charge in [-0.05, 0) is 19.8 Å². The van der Waals surface area contributed by atoms with Crippen molar-refractivity contribution in [2.45, 2.75) is 46.0 Å². The summed E-state index contributed by atoms with van der Waals surface area (Å²) in [5.74, 6) is 0. The van der Waals surface area contributed by atoms with Gasteiger partial charge in [-0.15, -0.1) is 0 Å². The van der Waals surface area contributed by atoms with Crippen molar-refractivity contribution in [3.63, 3.8) is 0 Å². The van der Waals surface area contributed by atoms with Gasteiger partial charge in [0.15, 0.2) is 0 Å². The van der Waals surface area contributed by atoms with Crippen LogP contribution in [-0.4, -0.2) is 13.2 Å². The van der Waals surface area contributed by atoms with Gasteiger partial charge in [-0.25, -0.2) is 0 Å². The molecular weight excluding hydrogens is 148 g/mol. The van der Waals surface area contributed by atoms with E-state index in [1.807, 2.05) is 6.92 Å². The average molecular weight is 170 g/mol. The Morgan fingerprint density at radius 2 is 1.83 bits per heavy atom. The Hall–Kier alpha value is -0.300. The van der Waals surface area contributed by atoms with E-state index in [0.29, 0.717) is 0 Å². The van der Waals surface area contributed by atoms with Crippen molar-refractivity contribution < 1.29 is 4.74 Å². The Bertz CT molecular complexity index is 97.2. The number of allylic oxidation sites excluding steroid dienone is 1. The van der Waals surface area contributed by atoms with Crippen LogP contribution in [0.2, 0.25) is 0 Å². The van der Waals surface area contributed by atoms with Crippen LogP contribution >= 0.6 is 0 Å². The quantitative estimate of drug-likeness (QED) is 0.400. The Kier molecular flexibility index (Phi) is 10.4. The molecule has 0 aliphatic heterocycles. The van der Waals surface area contributed by atoms with Crippen LogP contribution in [0.3, 0.4) is 0 Å². The first-order valence-corrected chi connectivity index (χ1v) is 5.14. The maximum atomic E-state index is 5.17. The summed E-state index contributed by atoms with van der Waals surface area (Å²) in [6.45, 7) is 5.87. The van der Waals surface area contributed by atoms with Crippen LogP contribution in [0.5, 0.6) is 0 Å². The Morgan fingerprint density at radius 1 is 1.00 bits per heavy atom. The summed E-state index contributed by atoms with van der Waals surface area (Å²) in [6, 6.07) is 0. The molecule has 1 nitrogen and oxygen atoms in total. The fourth-order valence-corrected chi connectivity index (χ4v) is 1.06. The molecule has 0 bridgehead atoms. The highest BCUT2D eigenvalue weighted by Crippen LogP contribution is 2.02. The van der Waals surface area contributed by atoms with Crippen molar-refractivity contribution in [3.8, 4) is 0 Å². The van der Waals surface area contributed by atoms with Crippen LogP contribution in [-0.2, 0) is 4.74 Å². The predicted molar refractivity (Wildman–Crippen MR) is 54.4 cm³/mol. The third-order valence-corrected chi connectivity index (χ3v) is 1.81. The zero-order valence-corrected chi connectivity index (χ0v) is 8.51. The van der Waals surface area contributed by atoms with Crippen LogP contribution in [0.4, 0.5) is 0 Å². The van der Waals surface area contributed by atoms with E-state index in [4.69, 9.17) is 4.74 Å². The second-order valence-corrected chi connectivity index (χ2v) is 2.98. The highest BCUT2D eigenvalue weighted by molar-refractivity contribution is 4.80. The van der Waals surface area contributed by atoms with E-state index in [2.05, 4.69) is 19.1 Å². The molecule has 0 spiro atoms. The Morgan fingerprint density at radius 3 is 2.50 bits per heavy atom. The molecule has 0 atom stereocenters. The zero-order valence-electron chi connectivity index (χ0n) is 8.51. The Balaban J connectivity index is 2.92. The minimum atomic E-state index is 0.782. The summed E-state index contributed by atoms with van der Waals surface area (Å²) in [5.41, 5.74) is 0. The third-order valence-electron chi connectivity index (χ3n) is 1.81. The molecule has 1 heteroatoms. The molecular formula is C11H22O. The summed E-state index contributed by atoms with van der Waals surface area (Å²) in [4.78, 5) is 0. The third kappa shape index (κ3) is 9.70. The summed E-state index contributed by atoms with van der Waals surface area (Å²) in [6.07, 6.45) is 11.0. The van der Waals surface area contributed by atoms with E-state index in [0.717, 1.165) is 13.2 Å². The van der Waals surface area contributed by atoms with Gasteiger partial charge >= 0.3 is 0 Å². The minimum absolute atomic E-state index is 0.782. The monoisotopic (exact) mass is 170 g/mol. The number of rotatable bonds is 8. The second-order valence-electron chi connectivity index (χ2n) is 2.98. The predicted octanol–water partition coefficient (Wildman–Crippen LogP) is 3.55. The summed E-state index contributed by atoms with van der Waals surface area (Å²) in [5, 5.41) is 0. The lowest BCUT2D eigenvalue weighted by Gasteiger charge is -1.95. The SMILES string of the molecule is CCCCCC/C=C\COCC. The second kappa shape index (κ2) is 10.7. The lowest BCUT2D eigenvalue weighted by atomic mass is 10.1. The lowest BCUT2D eigenvalue weighted by Crippen LogP contribution is -1.87. The van der Waals surface area contributed by atoms with E-state index in [1.165, 1.54) is 32.1 Å². The number of hydrogen-bond acceptors (Lipinski definition) is 1. The molecule has 0 saturated heterocycles. The van der Waals surface area contributed by atoms with Gasteiger partial charge in [-0.2, -0.15) is 0 Å². The molecule has 0 saturated carbocycles.